The second kappa shape index (κ2) is 21.7. The van der Waals surface area contributed by atoms with Crippen molar-refractivity contribution in [3.63, 3.8) is 0 Å². The molecule has 4 N–H and O–H groups in total. The minimum atomic E-state index is -4.52. The number of pyridine rings is 2. The first-order valence-electron chi connectivity index (χ1n) is 25.1. The van der Waals surface area contributed by atoms with Gasteiger partial charge in [-0.3, -0.25) is 24.2 Å². The van der Waals surface area contributed by atoms with Crippen molar-refractivity contribution < 1.29 is 55.7 Å². The van der Waals surface area contributed by atoms with E-state index in [1.165, 1.54) is 35.4 Å². The summed E-state index contributed by atoms with van der Waals surface area (Å²) in [7, 11) is 0. The van der Waals surface area contributed by atoms with Crippen LogP contribution < -0.4 is 10.6 Å². The zero-order valence-corrected chi connectivity index (χ0v) is 39.9. The summed E-state index contributed by atoms with van der Waals surface area (Å²) in [5.41, 5.74) is 3.38. The Morgan fingerprint density at radius 3 is 1.93 bits per heavy atom. The van der Waals surface area contributed by atoms with Crippen molar-refractivity contribution in [3.05, 3.63) is 118 Å². The van der Waals surface area contributed by atoms with E-state index in [1.54, 1.807) is 9.80 Å². The molecule has 3 fully saturated rings. The summed E-state index contributed by atoms with van der Waals surface area (Å²) in [6, 6.07) is 15.2. The van der Waals surface area contributed by atoms with Gasteiger partial charge in [0.1, 0.15) is 23.7 Å². The summed E-state index contributed by atoms with van der Waals surface area (Å²) in [6.45, 7) is 3.92. The third-order valence-corrected chi connectivity index (χ3v) is 15.3. The molecule has 2 unspecified atom stereocenters. The number of carbonyl (C=O) groups excluding carboxylic acids is 1. The topological polar surface area (TPSA) is 160 Å². The van der Waals surface area contributed by atoms with Crippen LogP contribution in [0.2, 0.25) is 0 Å². The number of aliphatic carboxylic acids is 2. The first-order valence-corrected chi connectivity index (χ1v) is 25.1. The Hall–Kier alpha value is -5.79. The van der Waals surface area contributed by atoms with Crippen molar-refractivity contribution in [2.24, 2.45) is 17.8 Å². The normalized spacial score (nSPS) is 22.0. The smallest absolute Gasteiger partial charge is 0.416 e. The molecule has 0 bridgehead atoms. The van der Waals surface area contributed by atoms with Crippen LogP contribution in [0.1, 0.15) is 102 Å². The van der Waals surface area contributed by atoms with Gasteiger partial charge in [-0.2, -0.15) is 26.3 Å². The molecule has 4 aromatic rings. The molecule has 13 nitrogen and oxygen atoms in total. The number of alkyl halides is 6. The van der Waals surface area contributed by atoms with Crippen LogP contribution in [0.15, 0.2) is 72.8 Å². The van der Waals surface area contributed by atoms with Crippen molar-refractivity contribution in [1.82, 2.24) is 24.7 Å². The van der Waals surface area contributed by atoms with Crippen LogP contribution in [-0.4, -0.2) is 117 Å². The Labute approximate surface area is 414 Å². The first kappa shape index (κ1) is 51.1. The van der Waals surface area contributed by atoms with E-state index in [0.717, 1.165) is 118 Å². The van der Waals surface area contributed by atoms with Gasteiger partial charge in [0.15, 0.2) is 0 Å². The lowest BCUT2D eigenvalue weighted by Crippen LogP contribution is -2.57. The van der Waals surface area contributed by atoms with E-state index in [1.807, 2.05) is 4.90 Å². The Balaban J connectivity index is 0.671. The van der Waals surface area contributed by atoms with Gasteiger partial charge in [0.2, 0.25) is 5.91 Å². The summed E-state index contributed by atoms with van der Waals surface area (Å²) >= 11 is 0. The van der Waals surface area contributed by atoms with E-state index in [0.29, 0.717) is 56.6 Å². The van der Waals surface area contributed by atoms with Gasteiger partial charge in [-0.1, -0.05) is 42.8 Å². The number of benzene rings is 2. The molecular formula is C53H61F6N7O6. The molecule has 5 atom stereocenters. The largest absolute Gasteiger partial charge is 0.480 e. The van der Waals surface area contributed by atoms with Crippen LogP contribution in [0, 0.1) is 17.8 Å². The van der Waals surface area contributed by atoms with Crippen LogP contribution in [0.3, 0.4) is 0 Å². The van der Waals surface area contributed by atoms with Gasteiger partial charge >= 0.3 is 24.3 Å². The maximum atomic E-state index is 13.4. The number of nitrogens with zero attached hydrogens (tertiary/aromatic N) is 5. The molecule has 7 heterocycles. The Bertz CT molecular complexity index is 2550. The van der Waals surface area contributed by atoms with E-state index >= 15 is 0 Å². The number of ether oxygens (including phenoxy) is 1. The van der Waals surface area contributed by atoms with E-state index in [4.69, 9.17) is 14.7 Å². The molecule has 0 radical (unpaired) electrons. The van der Waals surface area contributed by atoms with E-state index in [9.17, 15) is 50.9 Å². The second-order valence-electron chi connectivity index (χ2n) is 20.2. The number of halogens is 6. The van der Waals surface area contributed by atoms with Crippen molar-refractivity contribution in [2.75, 3.05) is 63.1 Å². The maximum absolute atomic E-state index is 13.4. The summed E-state index contributed by atoms with van der Waals surface area (Å²) < 4.78 is 84.4. The van der Waals surface area contributed by atoms with Crippen molar-refractivity contribution in [2.45, 2.75) is 107 Å². The van der Waals surface area contributed by atoms with Crippen LogP contribution in [-0.2, 0) is 57.2 Å². The predicted molar refractivity (Wildman–Crippen MR) is 255 cm³/mol. The third-order valence-electron chi connectivity index (χ3n) is 15.3. The number of carbonyl (C=O) groups is 3. The highest BCUT2D eigenvalue weighted by Gasteiger charge is 2.43. The standard InChI is InChI=1S/C53H61F6N7O6/c54-52(55,56)39-12-5-33(6-13-39)45(50(68)69)65-24-21-43(31-65)72-25-3-1-2-4-41-16-9-35-11-18-44(63-48(35)61-41)37-27-36-10-17-42(62-47(36)60-28-37)26-32-19-22-64(23-20-32)49(67)38-29-66(30-38)46(51(70)71)34-7-14-40(15-8-34)53(57,58)59/h5-10,12-17,32,37-38,43-46H,1-4,11,18-31H2,(H,60,62)(H,61,63)(H,68,69)(H,70,71)/t37?,43-,44?,45+,46+/m1/s1. The number of nitrogens with one attached hydrogen (secondary N) is 2. The molecule has 3 saturated heterocycles. The molecule has 5 aliphatic heterocycles. The van der Waals surface area contributed by atoms with E-state index < -0.39 is 47.5 Å². The Kier molecular flexibility index (Phi) is 15.4. The zero-order chi connectivity index (χ0) is 50.7. The van der Waals surface area contributed by atoms with Gasteiger partial charge < -0.3 is 30.5 Å². The van der Waals surface area contributed by atoms with E-state index in [2.05, 4.69) is 34.9 Å². The fraction of sp³-hybridized carbons (Fsp3) is 0.528. The number of hydrogen-bond acceptors (Lipinski definition) is 10. The number of rotatable bonds is 17. The third kappa shape index (κ3) is 12.0. The lowest BCUT2D eigenvalue weighted by molar-refractivity contribution is -0.153. The molecule has 386 valence electrons. The van der Waals surface area contributed by atoms with Crippen LogP contribution in [0.4, 0.5) is 38.0 Å². The number of aryl methyl sites for hydroxylation is 2. The van der Waals surface area contributed by atoms with Gasteiger partial charge in [0.05, 0.1) is 23.1 Å². The number of fused-ring (bicyclic) bond motifs is 2. The summed E-state index contributed by atoms with van der Waals surface area (Å²) in [5.74, 6) is -0.0115. The fourth-order valence-electron chi connectivity index (χ4n) is 11.2. The highest BCUT2D eigenvalue weighted by Crippen LogP contribution is 2.37. The lowest BCUT2D eigenvalue weighted by atomic mass is 9.84. The molecule has 0 spiro atoms. The molecule has 72 heavy (non-hydrogen) atoms. The first-order chi connectivity index (χ1) is 34.5. The van der Waals surface area contributed by atoms with Gasteiger partial charge in [0.25, 0.3) is 0 Å². The Morgan fingerprint density at radius 1 is 0.681 bits per heavy atom. The maximum Gasteiger partial charge on any atom is 0.416 e. The second-order valence-corrected chi connectivity index (χ2v) is 20.2. The van der Waals surface area contributed by atoms with E-state index in [-0.39, 0.29) is 42.6 Å². The monoisotopic (exact) mass is 1010 g/mol. The molecule has 19 heteroatoms. The minimum Gasteiger partial charge on any atom is -0.480 e. The molecular weight excluding hydrogens is 945 g/mol. The molecule has 2 aromatic heterocycles. The number of hydrogen-bond donors (Lipinski definition) is 4. The highest BCUT2D eigenvalue weighted by atomic mass is 19.4. The van der Waals surface area contributed by atoms with Crippen molar-refractivity contribution in [3.8, 4) is 0 Å². The van der Waals surface area contributed by atoms with Crippen molar-refractivity contribution >= 4 is 29.5 Å². The number of carboxylic acids is 2. The molecule has 9 rings (SSSR count). The number of carboxylic acid groups (broad SMARTS) is 2. The Morgan fingerprint density at radius 2 is 1.29 bits per heavy atom. The number of amides is 1. The zero-order valence-electron chi connectivity index (χ0n) is 39.9. The van der Waals surface area contributed by atoms with Crippen LogP contribution in [0.25, 0.3) is 0 Å². The quantitative estimate of drug-likeness (QED) is 0.0590. The highest BCUT2D eigenvalue weighted by molar-refractivity contribution is 5.81. The average Bonchev–Trinajstić information content (AvgIpc) is 3.80. The van der Waals surface area contributed by atoms with Gasteiger partial charge in [-0.05, 0) is 129 Å². The number of piperidine rings is 1. The predicted octanol–water partition coefficient (Wildman–Crippen LogP) is 8.69. The minimum absolute atomic E-state index is 0.00705. The summed E-state index contributed by atoms with van der Waals surface area (Å²) in [5, 5.41) is 27.2. The van der Waals surface area contributed by atoms with Gasteiger partial charge in [-0.15, -0.1) is 0 Å². The van der Waals surface area contributed by atoms with Crippen LogP contribution in [0.5, 0.6) is 0 Å². The number of aromatic nitrogens is 2. The molecule has 0 saturated carbocycles. The fourth-order valence-corrected chi connectivity index (χ4v) is 11.2. The average molecular weight is 1010 g/mol. The molecule has 0 aliphatic carbocycles. The number of unbranched alkanes of at least 4 members (excludes halogenated alkanes) is 2. The number of anilines is 2. The summed E-state index contributed by atoms with van der Waals surface area (Å²) in [6.07, 6.45) is 0.432. The van der Waals surface area contributed by atoms with Gasteiger partial charge in [-0.25, -0.2) is 9.97 Å². The van der Waals surface area contributed by atoms with Gasteiger partial charge in [0, 0.05) is 75.8 Å². The van der Waals surface area contributed by atoms with Crippen molar-refractivity contribution in [1.29, 1.82) is 0 Å². The lowest BCUT2D eigenvalue weighted by Gasteiger charge is -2.44. The number of likely N-dealkylation sites (tertiary alicyclic amines) is 3. The van der Waals surface area contributed by atoms with Crippen LogP contribution >= 0.6 is 0 Å². The molecule has 5 aliphatic rings. The molecule has 1 amide bonds. The molecule has 2 aromatic carbocycles. The summed E-state index contributed by atoms with van der Waals surface area (Å²) in [4.78, 5) is 53.0. The SMILES string of the molecule is O=C(O)[C@H](c1ccc(C(F)(F)F)cc1)N1CC(C(=O)N2CCC(Cc3ccc4c(n3)NCC(C3CCc5ccc(CCCCCO[C@@H]6CCN([C@H](C(=O)O)c7ccc(C(F)(F)F)cc7)C6)nc5N3)C4)CC2)C1.